The number of benzene rings is 3. The number of carbonyl (C=O) groups is 3. The van der Waals surface area contributed by atoms with Crippen LogP contribution < -0.4 is 20.3 Å². The summed E-state index contributed by atoms with van der Waals surface area (Å²) in [4.78, 5) is 45.5. The Balaban J connectivity index is 1.33. The molecule has 0 aliphatic carbocycles. The van der Waals surface area contributed by atoms with Crippen molar-refractivity contribution >= 4 is 29.1 Å². The van der Waals surface area contributed by atoms with E-state index in [-0.39, 0.29) is 24.1 Å². The molecular weight excluding hydrogens is 518 g/mol. The number of nitrogens with zero attached hydrogens (tertiary/aromatic N) is 3. The molecule has 214 valence electrons. The Kier molecular flexibility index (Phi) is 9.15. The Labute approximate surface area is 241 Å². The van der Waals surface area contributed by atoms with Crippen LogP contribution in [0, 0.1) is 0 Å². The zero-order valence-corrected chi connectivity index (χ0v) is 23.5. The molecule has 2 saturated heterocycles. The molecule has 41 heavy (non-hydrogen) atoms. The monoisotopic (exact) mass is 555 g/mol. The minimum Gasteiger partial charge on any atom is -0.497 e. The van der Waals surface area contributed by atoms with Crippen molar-refractivity contribution in [3.63, 3.8) is 0 Å². The molecule has 9 heteroatoms. The number of hydrogen-bond acceptors (Lipinski definition) is 6. The fourth-order valence-electron chi connectivity index (χ4n) is 5.34. The van der Waals surface area contributed by atoms with Gasteiger partial charge in [-0.1, -0.05) is 36.4 Å². The van der Waals surface area contributed by atoms with Crippen LogP contribution in [0.3, 0.4) is 0 Å². The Morgan fingerprint density at radius 3 is 2.27 bits per heavy atom. The van der Waals surface area contributed by atoms with Crippen LogP contribution in [0.4, 0.5) is 11.4 Å². The van der Waals surface area contributed by atoms with Gasteiger partial charge in [-0.3, -0.25) is 14.4 Å². The van der Waals surface area contributed by atoms with Gasteiger partial charge in [-0.25, -0.2) is 0 Å². The smallest absolute Gasteiger partial charge is 0.254 e. The molecule has 5 rings (SSSR count). The number of anilines is 2. The fourth-order valence-corrected chi connectivity index (χ4v) is 5.34. The first kappa shape index (κ1) is 28.2. The van der Waals surface area contributed by atoms with E-state index in [1.165, 1.54) is 0 Å². The third-order valence-electron chi connectivity index (χ3n) is 7.58. The van der Waals surface area contributed by atoms with Crippen molar-refractivity contribution in [3.8, 4) is 5.75 Å². The molecule has 0 unspecified atom stereocenters. The highest BCUT2D eigenvalue weighted by molar-refractivity contribution is 6.00. The van der Waals surface area contributed by atoms with Crippen LogP contribution in [0.15, 0.2) is 72.8 Å². The number of amides is 3. The van der Waals surface area contributed by atoms with E-state index in [0.29, 0.717) is 61.8 Å². The van der Waals surface area contributed by atoms with Crippen LogP contribution >= 0.6 is 0 Å². The summed E-state index contributed by atoms with van der Waals surface area (Å²) in [6, 6.07) is 22.3. The first-order chi connectivity index (χ1) is 20.0. The SMILES string of the molecule is COc1cccc(C(=O)N2CCN(c3ccc(C(=O)N4CCCNCC4)cc3NC(=O)Cc3ccccc3)CC2)c1. The maximum absolute atomic E-state index is 13.4. The summed E-state index contributed by atoms with van der Waals surface area (Å²) in [5.74, 6) is 0.435. The van der Waals surface area contributed by atoms with Crippen LogP contribution in [-0.2, 0) is 11.2 Å². The molecule has 2 N–H and O–H groups in total. The van der Waals surface area contributed by atoms with Gasteiger partial charge in [0.15, 0.2) is 0 Å². The van der Waals surface area contributed by atoms with Gasteiger partial charge in [0.25, 0.3) is 11.8 Å². The first-order valence-electron chi connectivity index (χ1n) is 14.2. The molecule has 0 radical (unpaired) electrons. The molecule has 2 aliphatic heterocycles. The van der Waals surface area contributed by atoms with E-state index in [1.807, 2.05) is 64.4 Å². The largest absolute Gasteiger partial charge is 0.497 e. The van der Waals surface area contributed by atoms with E-state index in [1.54, 1.807) is 25.3 Å². The van der Waals surface area contributed by atoms with Crippen molar-refractivity contribution in [2.45, 2.75) is 12.8 Å². The number of carbonyl (C=O) groups excluding carboxylic acids is 3. The topological polar surface area (TPSA) is 94.2 Å². The zero-order valence-electron chi connectivity index (χ0n) is 23.5. The summed E-state index contributed by atoms with van der Waals surface area (Å²) >= 11 is 0. The van der Waals surface area contributed by atoms with Crippen molar-refractivity contribution < 1.29 is 19.1 Å². The van der Waals surface area contributed by atoms with Gasteiger partial charge < -0.3 is 30.1 Å². The Hall–Kier alpha value is -4.37. The maximum Gasteiger partial charge on any atom is 0.254 e. The average molecular weight is 556 g/mol. The molecule has 3 aromatic rings. The van der Waals surface area contributed by atoms with Crippen molar-refractivity contribution in [2.24, 2.45) is 0 Å². The molecule has 2 fully saturated rings. The number of rotatable bonds is 7. The minimum atomic E-state index is -0.145. The number of hydrogen-bond donors (Lipinski definition) is 2. The highest BCUT2D eigenvalue weighted by Crippen LogP contribution is 2.30. The molecule has 3 aromatic carbocycles. The minimum absolute atomic E-state index is 0.0344. The molecule has 0 atom stereocenters. The predicted molar refractivity (Wildman–Crippen MR) is 160 cm³/mol. The molecule has 9 nitrogen and oxygen atoms in total. The Morgan fingerprint density at radius 2 is 1.51 bits per heavy atom. The predicted octanol–water partition coefficient (Wildman–Crippen LogP) is 3.27. The number of piperazine rings is 1. The van der Waals surface area contributed by atoms with Gasteiger partial charge in [0, 0.05) is 56.9 Å². The molecule has 3 amide bonds. The lowest BCUT2D eigenvalue weighted by Gasteiger charge is -2.37. The summed E-state index contributed by atoms with van der Waals surface area (Å²) in [6.07, 6.45) is 1.14. The molecular formula is C32H37N5O4. The zero-order chi connectivity index (χ0) is 28.6. The molecule has 2 heterocycles. The van der Waals surface area contributed by atoms with Gasteiger partial charge in [-0.05, 0) is 54.9 Å². The highest BCUT2D eigenvalue weighted by atomic mass is 16.5. The molecule has 0 spiro atoms. The van der Waals surface area contributed by atoms with E-state index in [4.69, 9.17) is 4.74 Å². The Morgan fingerprint density at radius 1 is 0.780 bits per heavy atom. The van der Waals surface area contributed by atoms with Gasteiger partial charge in [0.2, 0.25) is 5.91 Å². The van der Waals surface area contributed by atoms with E-state index < -0.39 is 0 Å². The van der Waals surface area contributed by atoms with Gasteiger partial charge in [-0.15, -0.1) is 0 Å². The second-order valence-electron chi connectivity index (χ2n) is 10.3. The van der Waals surface area contributed by atoms with Gasteiger partial charge in [0.1, 0.15) is 5.75 Å². The second kappa shape index (κ2) is 13.3. The van der Waals surface area contributed by atoms with Crippen LogP contribution in [0.1, 0.15) is 32.7 Å². The normalized spacial score (nSPS) is 15.7. The third kappa shape index (κ3) is 7.05. The molecule has 2 aliphatic rings. The lowest BCUT2D eigenvalue weighted by atomic mass is 10.1. The summed E-state index contributed by atoms with van der Waals surface area (Å²) in [7, 11) is 1.59. The van der Waals surface area contributed by atoms with Crippen LogP contribution in [0.5, 0.6) is 5.75 Å². The average Bonchev–Trinajstić information content (AvgIpc) is 3.31. The van der Waals surface area contributed by atoms with E-state index in [2.05, 4.69) is 15.5 Å². The maximum atomic E-state index is 13.4. The first-order valence-corrected chi connectivity index (χ1v) is 14.2. The van der Waals surface area contributed by atoms with E-state index >= 15 is 0 Å². The number of methoxy groups -OCH3 is 1. The number of nitrogens with one attached hydrogen (secondary N) is 2. The lowest BCUT2D eigenvalue weighted by Crippen LogP contribution is -2.49. The van der Waals surface area contributed by atoms with Gasteiger partial charge >= 0.3 is 0 Å². The second-order valence-corrected chi connectivity index (χ2v) is 10.3. The summed E-state index contributed by atoms with van der Waals surface area (Å²) < 4.78 is 5.28. The lowest BCUT2D eigenvalue weighted by molar-refractivity contribution is -0.115. The summed E-state index contributed by atoms with van der Waals surface area (Å²) in [5.41, 5.74) is 3.52. The summed E-state index contributed by atoms with van der Waals surface area (Å²) in [6.45, 7) is 5.29. The molecule has 0 saturated carbocycles. The van der Waals surface area contributed by atoms with Crippen molar-refractivity contribution in [3.05, 3.63) is 89.5 Å². The van der Waals surface area contributed by atoms with Gasteiger partial charge in [0.05, 0.1) is 24.9 Å². The van der Waals surface area contributed by atoms with Crippen molar-refractivity contribution in [2.75, 3.05) is 69.7 Å². The molecule has 0 aromatic heterocycles. The van der Waals surface area contributed by atoms with Crippen LogP contribution in [0.25, 0.3) is 0 Å². The standard InChI is InChI=1S/C32H37N5O4/c1-41-27-10-5-9-25(22-27)31(39)37-19-17-35(18-20-37)29-12-11-26(32(40)36-15-6-13-33-14-16-36)23-28(29)34-30(38)21-24-7-3-2-4-8-24/h2-5,7-12,22-23,33H,6,13-21H2,1H3,(H,34,38). The quantitative estimate of drug-likeness (QED) is 0.465. The van der Waals surface area contributed by atoms with E-state index in [9.17, 15) is 14.4 Å². The van der Waals surface area contributed by atoms with Crippen LogP contribution in [-0.4, -0.2) is 87.0 Å². The number of ether oxygens (including phenoxy) is 1. The van der Waals surface area contributed by atoms with Crippen molar-refractivity contribution in [1.82, 2.24) is 15.1 Å². The van der Waals surface area contributed by atoms with Crippen molar-refractivity contribution in [1.29, 1.82) is 0 Å². The van der Waals surface area contributed by atoms with Crippen LogP contribution in [0.2, 0.25) is 0 Å². The third-order valence-corrected chi connectivity index (χ3v) is 7.58. The summed E-state index contributed by atoms with van der Waals surface area (Å²) in [5, 5.41) is 6.41. The highest BCUT2D eigenvalue weighted by Gasteiger charge is 2.26. The van der Waals surface area contributed by atoms with Gasteiger partial charge in [-0.2, -0.15) is 0 Å². The Bertz CT molecular complexity index is 1360. The molecule has 0 bridgehead atoms. The fraction of sp³-hybridized carbons (Fsp3) is 0.344. The van der Waals surface area contributed by atoms with E-state index in [0.717, 1.165) is 30.8 Å².